The van der Waals surface area contributed by atoms with Gasteiger partial charge in [0.15, 0.2) is 5.69 Å². The highest BCUT2D eigenvalue weighted by Gasteiger charge is 2.18. The normalized spacial score (nSPS) is 10.3. The molecule has 2 aromatic carbocycles. The van der Waals surface area contributed by atoms with E-state index in [4.69, 9.17) is 10.00 Å². The second kappa shape index (κ2) is 6.24. The van der Waals surface area contributed by atoms with Crippen LogP contribution in [0.1, 0.15) is 23.0 Å². The summed E-state index contributed by atoms with van der Waals surface area (Å²) in [4.78, 5) is 21.2. The van der Waals surface area contributed by atoms with Crippen LogP contribution in [-0.2, 0) is 4.74 Å². The minimum Gasteiger partial charge on any atom is -0.461 e. The summed E-state index contributed by atoms with van der Waals surface area (Å²) in [6, 6.07) is 16.3. The number of nitriles is 1. The number of hydrogen-bond donors (Lipinski definition) is 0. The van der Waals surface area contributed by atoms with Gasteiger partial charge in [0.25, 0.3) is 0 Å². The highest BCUT2D eigenvalue weighted by atomic mass is 16.5. The van der Waals surface area contributed by atoms with E-state index in [1.807, 2.05) is 18.2 Å². The van der Waals surface area contributed by atoms with Gasteiger partial charge in [-0.3, -0.25) is 0 Å². The van der Waals surface area contributed by atoms with Crippen molar-refractivity contribution in [3.05, 3.63) is 59.8 Å². The Kier molecular flexibility index (Phi) is 3.98. The molecule has 0 bridgehead atoms. The maximum Gasteiger partial charge on any atom is 0.359 e. The molecule has 0 fully saturated rings. The van der Waals surface area contributed by atoms with E-state index in [0.29, 0.717) is 27.9 Å². The largest absolute Gasteiger partial charge is 0.461 e. The fourth-order valence-corrected chi connectivity index (χ4v) is 2.25. The number of rotatable bonds is 3. The second-order valence-electron chi connectivity index (χ2n) is 4.82. The molecule has 3 aromatic rings. The summed E-state index contributed by atoms with van der Waals surface area (Å²) in [7, 11) is 0. The summed E-state index contributed by atoms with van der Waals surface area (Å²) < 4.78 is 5.09. The van der Waals surface area contributed by atoms with Crippen LogP contribution in [0.5, 0.6) is 0 Å². The smallest absolute Gasteiger partial charge is 0.359 e. The molecule has 0 aliphatic heterocycles. The van der Waals surface area contributed by atoms with E-state index < -0.39 is 5.97 Å². The Balaban J connectivity index is 2.21. The third-order valence-corrected chi connectivity index (χ3v) is 3.33. The molecule has 0 aliphatic rings. The first-order chi connectivity index (χ1) is 11.2. The fraction of sp³-hybridized carbons (Fsp3) is 0.111. The second-order valence-corrected chi connectivity index (χ2v) is 4.82. The van der Waals surface area contributed by atoms with Crippen LogP contribution in [0.25, 0.3) is 22.3 Å². The van der Waals surface area contributed by atoms with Crippen LogP contribution in [-0.4, -0.2) is 22.5 Å². The molecule has 0 spiro atoms. The van der Waals surface area contributed by atoms with Gasteiger partial charge in [-0.25, -0.2) is 14.8 Å². The van der Waals surface area contributed by atoms with E-state index in [0.717, 1.165) is 0 Å². The highest BCUT2D eigenvalue weighted by Crippen LogP contribution is 2.24. The molecule has 5 heteroatoms. The number of para-hydroxylation sites is 2. The van der Waals surface area contributed by atoms with Gasteiger partial charge in [0.2, 0.25) is 0 Å². The Hall–Kier alpha value is -3.26. The van der Waals surface area contributed by atoms with Gasteiger partial charge < -0.3 is 4.74 Å². The standard InChI is InChI=1S/C18H13N3O2/c1-2-23-18(22)17-16(13-9-7-12(11-19)8-10-13)20-14-5-3-4-6-15(14)21-17/h3-10H,2H2,1H3. The Morgan fingerprint density at radius 2 is 1.74 bits per heavy atom. The van der Waals surface area contributed by atoms with Crippen molar-refractivity contribution < 1.29 is 9.53 Å². The van der Waals surface area contributed by atoms with Crippen molar-refractivity contribution in [3.63, 3.8) is 0 Å². The lowest BCUT2D eigenvalue weighted by atomic mass is 10.1. The third-order valence-electron chi connectivity index (χ3n) is 3.33. The molecule has 23 heavy (non-hydrogen) atoms. The molecule has 1 heterocycles. The van der Waals surface area contributed by atoms with E-state index in [2.05, 4.69) is 16.0 Å². The first-order valence-corrected chi connectivity index (χ1v) is 7.17. The summed E-state index contributed by atoms with van der Waals surface area (Å²) in [5.41, 5.74) is 3.21. The van der Waals surface area contributed by atoms with Gasteiger partial charge in [0.05, 0.1) is 29.3 Å². The van der Waals surface area contributed by atoms with Crippen molar-refractivity contribution in [2.75, 3.05) is 6.61 Å². The van der Waals surface area contributed by atoms with Crippen molar-refractivity contribution in [2.45, 2.75) is 6.92 Å². The lowest BCUT2D eigenvalue weighted by molar-refractivity contribution is 0.0520. The quantitative estimate of drug-likeness (QED) is 0.693. The average molecular weight is 303 g/mol. The molecule has 0 saturated carbocycles. The molecule has 0 saturated heterocycles. The Morgan fingerprint density at radius 3 is 2.35 bits per heavy atom. The molecule has 1 aromatic heterocycles. The molecular weight excluding hydrogens is 290 g/mol. The first kappa shape index (κ1) is 14.7. The molecule has 112 valence electrons. The van der Waals surface area contributed by atoms with Crippen LogP contribution in [0.3, 0.4) is 0 Å². The summed E-state index contributed by atoms with van der Waals surface area (Å²) in [5, 5.41) is 8.90. The summed E-state index contributed by atoms with van der Waals surface area (Å²) >= 11 is 0. The first-order valence-electron chi connectivity index (χ1n) is 7.17. The Bertz CT molecular complexity index is 912. The molecule has 3 rings (SSSR count). The molecule has 0 unspecified atom stereocenters. The molecule has 0 radical (unpaired) electrons. The summed E-state index contributed by atoms with van der Waals surface area (Å²) in [6.45, 7) is 2.01. The number of carbonyl (C=O) groups excluding carboxylic acids is 1. The van der Waals surface area contributed by atoms with Crippen molar-refractivity contribution in [3.8, 4) is 17.3 Å². The molecule has 0 atom stereocenters. The zero-order valence-electron chi connectivity index (χ0n) is 12.5. The number of esters is 1. The number of carbonyl (C=O) groups is 1. The number of ether oxygens (including phenoxy) is 1. The number of fused-ring (bicyclic) bond motifs is 1. The molecule has 0 amide bonds. The van der Waals surface area contributed by atoms with E-state index in [1.165, 1.54) is 0 Å². The van der Waals surface area contributed by atoms with Gasteiger partial charge in [-0.1, -0.05) is 24.3 Å². The van der Waals surface area contributed by atoms with Crippen LogP contribution in [0.2, 0.25) is 0 Å². The maximum atomic E-state index is 12.2. The van der Waals surface area contributed by atoms with Gasteiger partial charge in [0, 0.05) is 5.56 Å². The minimum absolute atomic E-state index is 0.176. The van der Waals surface area contributed by atoms with Gasteiger partial charge in [-0.05, 0) is 31.2 Å². The van der Waals surface area contributed by atoms with Crippen LogP contribution in [0, 0.1) is 11.3 Å². The number of aromatic nitrogens is 2. The summed E-state index contributed by atoms with van der Waals surface area (Å²) in [6.07, 6.45) is 0. The van der Waals surface area contributed by atoms with Crippen molar-refractivity contribution in [1.82, 2.24) is 9.97 Å². The Morgan fingerprint density at radius 1 is 1.09 bits per heavy atom. The molecule has 5 nitrogen and oxygen atoms in total. The van der Waals surface area contributed by atoms with Crippen LogP contribution in [0.4, 0.5) is 0 Å². The SMILES string of the molecule is CCOC(=O)c1nc2ccccc2nc1-c1ccc(C#N)cc1. The average Bonchev–Trinajstić information content (AvgIpc) is 2.61. The van der Waals surface area contributed by atoms with Crippen LogP contribution >= 0.6 is 0 Å². The van der Waals surface area contributed by atoms with E-state index >= 15 is 0 Å². The summed E-state index contributed by atoms with van der Waals surface area (Å²) in [5.74, 6) is -0.509. The Labute approximate surface area is 133 Å². The number of hydrogen-bond acceptors (Lipinski definition) is 5. The van der Waals surface area contributed by atoms with Crippen LogP contribution < -0.4 is 0 Å². The van der Waals surface area contributed by atoms with Gasteiger partial charge in [0.1, 0.15) is 5.69 Å². The van der Waals surface area contributed by atoms with E-state index in [-0.39, 0.29) is 12.3 Å². The van der Waals surface area contributed by atoms with Crippen molar-refractivity contribution in [2.24, 2.45) is 0 Å². The molecule has 0 N–H and O–H groups in total. The van der Waals surface area contributed by atoms with Crippen molar-refractivity contribution in [1.29, 1.82) is 5.26 Å². The zero-order valence-corrected chi connectivity index (χ0v) is 12.5. The minimum atomic E-state index is -0.509. The lowest BCUT2D eigenvalue weighted by Gasteiger charge is -2.09. The highest BCUT2D eigenvalue weighted by molar-refractivity contribution is 5.96. The number of nitrogens with zero attached hydrogens (tertiary/aromatic N) is 3. The molecule has 0 aliphatic carbocycles. The maximum absolute atomic E-state index is 12.2. The van der Waals surface area contributed by atoms with E-state index in [9.17, 15) is 4.79 Å². The lowest BCUT2D eigenvalue weighted by Crippen LogP contribution is -2.10. The van der Waals surface area contributed by atoms with E-state index in [1.54, 1.807) is 37.3 Å². The topological polar surface area (TPSA) is 75.9 Å². The molecular formula is C18H13N3O2. The van der Waals surface area contributed by atoms with Crippen molar-refractivity contribution >= 4 is 17.0 Å². The monoisotopic (exact) mass is 303 g/mol. The zero-order chi connectivity index (χ0) is 16.2. The third kappa shape index (κ3) is 2.87. The van der Waals surface area contributed by atoms with Gasteiger partial charge in [-0.2, -0.15) is 5.26 Å². The predicted molar refractivity (Wildman–Crippen MR) is 85.6 cm³/mol. The number of benzene rings is 2. The predicted octanol–water partition coefficient (Wildman–Crippen LogP) is 3.35. The fourth-order valence-electron chi connectivity index (χ4n) is 2.25. The van der Waals surface area contributed by atoms with Crippen LogP contribution in [0.15, 0.2) is 48.5 Å². The van der Waals surface area contributed by atoms with Gasteiger partial charge in [-0.15, -0.1) is 0 Å². The van der Waals surface area contributed by atoms with Gasteiger partial charge >= 0.3 is 5.97 Å².